The molecule has 1 aliphatic rings. The summed E-state index contributed by atoms with van der Waals surface area (Å²) in [5, 5.41) is 3.36. The molecular formula is C16H25NO3S. The van der Waals surface area contributed by atoms with Gasteiger partial charge in [0.1, 0.15) is 0 Å². The highest BCUT2D eigenvalue weighted by molar-refractivity contribution is 7.91. The van der Waals surface area contributed by atoms with E-state index in [1.54, 1.807) is 12.1 Å². The molecule has 0 unspecified atom stereocenters. The first-order chi connectivity index (χ1) is 10.1. The van der Waals surface area contributed by atoms with Crippen molar-refractivity contribution in [2.45, 2.75) is 31.1 Å². The van der Waals surface area contributed by atoms with Crippen molar-refractivity contribution in [3.05, 3.63) is 29.8 Å². The lowest BCUT2D eigenvalue weighted by Gasteiger charge is -2.22. The number of sulfone groups is 1. The first-order valence-electron chi connectivity index (χ1n) is 7.72. The minimum absolute atomic E-state index is 0.0501. The van der Waals surface area contributed by atoms with E-state index in [4.69, 9.17) is 4.74 Å². The lowest BCUT2D eigenvalue weighted by Crippen LogP contribution is -2.28. The van der Waals surface area contributed by atoms with Crippen molar-refractivity contribution >= 4 is 9.84 Å². The lowest BCUT2D eigenvalue weighted by molar-refractivity contribution is 0.163. The average Bonchev–Trinajstić information content (AvgIpc) is 2.49. The first-order valence-corrected chi connectivity index (χ1v) is 9.37. The summed E-state index contributed by atoms with van der Waals surface area (Å²) < 4.78 is 29.4. The van der Waals surface area contributed by atoms with Gasteiger partial charge in [-0.15, -0.1) is 0 Å². The Balaban J connectivity index is 1.94. The predicted octanol–water partition coefficient (Wildman–Crippen LogP) is 2.04. The zero-order valence-electron chi connectivity index (χ0n) is 12.7. The first kappa shape index (κ1) is 16.5. The summed E-state index contributed by atoms with van der Waals surface area (Å²) in [4.78, 5) is 0.399. The van der Waals surface area contributed by atoms with E-state index in [1.807, 2.05) is 19.1 Å². The van der Waals surface area contributed by atoms with Crippen molar-refractivity contribution in [1.82, 2.24) is 5.32 Å². The van der Waals surface area contributed by atoms with Gasteiger partial charge in [0.2, 0.25) is 0 Å². The topological polar surface area (TPSA) is 55.4 Å². The Hall–Kier alpha value is -0.910. The van der Waals surface area contributed by atoms with Crippen LogP contribution >= 0.6 is 0 Å². The molecule has 2 rings (SSSR count). The van der Waals surface area contributed by atoms with Crippen LogP contribution in [0.1, 0.15) is 25.3 Å². The van der Waals surface area contributed by atoms with Gasteiger partial charge in [0.15, 0.2) is 9.84 Å². The molecule has 1 heterocycles. The number of hydrogen-bond acceptors (Lipinski definition) is 4. The van der Waals surface area contributed by atoms with Crippen molar-refractivity contribution in [2.24, 2.45) is 5.92 Å². The van der Waals surface area contributed by atoms with Crippen LogP contribution in [0.3, 0.4) is 0 Å². The van der Waals surface area contributed by atoms with Crippen molar-refractivity contribution in [3.63, 3.8) is 0 Å². The largest absolute Gasteiger partial charge is 0.381 e. The summed E-state index contributed by atoms with van der Waals surface area (Å²) in [6.07, 6.45) is 3.45. The van der Waals surface area contributed by atoms with Gasteiger partial charge in [-0.2, -0.15) is 0 Å². The zero-order valence-corrected chi connectivity index (χ0v) is 13.5. The average molecular weight is 311 g/mol. The Morgan fingerprint density at radius 1 is 1.19 bits per heavy atom. The third kappa shape index (κ3) is 5.09. The van der Waals surface area contributed by atoms with Gasteiger partial charge in [0, 0.05) is 6.61 Å². The highest BCUT2D eigenvalue weighted by Gasteiger charge is 2.16. The molecule has 118 valence electrons. The van der Waals surface area contributed by atoms with E-state index in [1.165, 1.54) is 18.4 Å². The second-order valence-corrected chi connectivity index (χ2v) is 7.67. The Morgan fingerprint density at radius 3 is 2.48 bits per heavy atom. The maximum atomic E-state index is 12.1. The standard InChI is InChI=1S/C16H25NO3S/c1-2-20-11-12-21(18,19)16-5-3-14(4-6-16)13-15-7-9-17-10-8-15/h3-6,15,17H,2,7-13H2,1H3. The number of nitrogens with one attached hydrogen (secondary N) is 1. The van der Waals surface area contributed by atoms with Crippen LogP contribution in [0.5, 0.6) is 0 Å². The van der Waals surface area contributed by atoms with Crippen LogP contribution in [0.15, 0.2) is 29.2 Å². The maximum absolute atomic E-state index is 12.1. The van der Waals surface area contributed by atoms with Gasteiger partial charge in [-0.1, -0.05) is 12.1 Å². The summed E-state index contributed by atoms with van der Waals surface area (Å²) in [5.74, 6) is 0.765. The van der Waals surface area contributed by atoms with Gasteiger partial charge in [-0.25, -0.2) is 8.42 Å². The number of hydrogen-bond donors (Lipinski definition) is 1. The Labute approximate surface area is 127 Å². The molecule has 1 N–H and O–H groups in total. The molecule has 0 amide bonds. The Kier molecular flexibility index (Phi) is 6.21. The molecule has 1 fully saturated rings. The van der Waals surface area contributed by atoms with E-state index >= 15 is 0 Å². The van der Waals surface area contributed by atoms with Gasteiger partial charge in [-0.3, -0.25) is 0 Å². The fourth-order valence-corrected chi connectivity index (χ4v) is 3.81. The second-order valence-electron chi connectivity index (χ2n) is 5.56. The smallest absolute Gasteiger partial charge is 0.180 e. The minimum atomic E-state index is -3.22. The second kappa shape index (κ2) is 7.92. The van der Waals surface area contributed by atoms with Crippen LogP contribution in [0.25, 0.3) is 0 Å². The SMILES string of the molecule is CCOCCS(=O)(=O)c1ccc(CC2CCNCC2)cc1. The van der Waals surface area contributed by atoms with Crippen LogP contribution in [-0.4, -0.2) is 40.5 Å². The summed E-state index contributed by atoms with van der Waals surface area (Å²) in [6, 6.07) is 7.38. The normalized spacial score (nSPS) is 17.0. The third-order valence-corrected chi connectivity index (χ3v) is 5.66. The molecule has 1 aliphatic heterocycles. The summed E-state index contributed by atoms with van der Waals surface area (Å²) in [7, 11) is -3.22. The third-order valence-electron chi connectivity index (χ3n) is 3.97. The quantitative estimate of drug-likeness (QED) is 0.783. The number of piperidine rings is 1. The van der Waals surface area contributed by atoms with Crippen LogP contribution in [0.2, 0.25) is 0 Å². The fourth-order valence-electron chi connectivity index (χ4n) is 2.68. The van der Waals surface area contributed by atoms with E-state index in [2.05, 4.69) is 5.32 Å². The molecule has 0 spiro atoms. The molecule has 5 heteroatoms. The van der Waals surface area contributed by atoms with Gasteiger partial charge in [-0.05, 0) is 62.9 Å². The summed E-state index contributed by atoms with van der Waals surface area (Å²) in [5.41, 5.74) is 1.23. The minimum Gasteiger partial charge on any atom is -0.381 e. The maximum Gasteiger partial charge on any atom is 0.180 e. The van der Waals surface area contributed by atoms with Gasteiger partial charge < -0.3 is 10.1 Å². The van der Waals surface area contributed by atoms with Crippen molar-refractivity contribution < 1.29 is 13.2 Å². The Bertz CT molecular complexity index is 519. The molecule has 4 nitrogen and oxygen atoms in total. The highest BCUT2D eigenvalue weighted by atomic mass is 32.2. The van der Waals surface area contributed by atoms with Crippen LogP contribution in [-0.2, 0) is 21.0 Å². The van der Waals surface area contributed by atoms with Gasteiger partial charge >= 0.3 is 0 Å². The number of rotatable bonds is 7. The number of ether oxygens (including phenoxy) is 1. The molecule has 0 radical (unpaired) electrons. The van der Waals surface area contributed by atoms with E-state index in [-0.39, 0.29) is 12.4 Å². The molecule has 1 aromatic rings. The molecule has 1 aromatic carbocycles. The van der Waals surface area contributed by atoms with E-state index in [0.29, 0.717) is 17.4 Å². The molecule has 0 saturated carbocycles. The number of benzene rings is 1. The predicted molar refractivity (Wildman–Crippen MR) is 84.3 cm³/mol. The molecule has 0 atom stereocenters. The van der Waals surface area contributed by atoms with Gasteiger partial charge in [0.05, 0.1) is 17.3 Å². The van der Waals surface area contributed by atoms with E-state index < -0.39 is 9.84 Å². The van der Waals surface area contributed by atoms with Crippen molar-refractivity contribution in [1.29, 1.82) is 0 Å². The molecule has 0 aliphatic carbocycles. The van der Waals surface area contributed by atoms with Crippen LogP contribution in [0, 0.1) is 5.92 Å². The zero-order chi connectivity index (χ0) is 15.1. The summed E-state index contributed by atoms with van der Waals surface area (Å²) in [6.45, 7) is 4.85. The fraction of sp³-hybridized carbons (Fsp3) is 0.625. The molecule has 21 heavy (non-hydrogen) atoms. The Morgan fingerprint density at radius 2 is 1.86 bits per heavy atom. The molecular weight excluding hydrogens is 286 g/mol. The van der Waals surface area contributed by atoms with Gasteiger partial charge in [0.25, 0.3) is 0 Å². The van der Waals surface area contributed by atoms with E-state index in [0.717, 1.165) is 19.5 Å². The lowest BCUT2D eigenvalue weighted by atomic mass is 9.91. The van der Waals surface area contributed by atoms with Crippen LogP contribution in [0.4, 0.5) is 0 Å². The van der Waals surface area contributed by atoms with Crippen molar-refractivity contribution in [3.8, 4) is 0 Å². The highest BCUT2D eigenvalue weighted by Crippen LogP contribution is 2.20. The summed E-state index contributed by atoms with van der Waals surface area (Å²) >= 11 is 0. The molecule has 0 bridgehead atoms. The molecule has 0 aromatic heterocycles. The van der Waals surface area contributed by atoms with E-state index in [9.17, 15) is 8.42 Å². The molecule has 1 saturated heterocycles. The monoisotopic (exact) mass is 311 g/mol. The van der Waals surface area contributed by atoms with Crippen LogP contribution < -0.4 is 5.32 Å². The van der Waals surface area contributed by atoms with Crippen molar-refractivity contribution in [2.75, 3.05) is 32.1 Å².